The summed E-state index contributed by atoms with van der Waals surface area (Å²) in [6.07, 6.45) is -1.15. The number of aliphatic hydroxyl groups excluding tert-OH is 1. The molecular weight excluding hydrogens is 535 g/mol. The van der Waals surface area contributed by atoms with Crippen LogP contribution in [0.3, 0.4) is 0 Å². The van der Waals surface area contributed by atoms with Gasteiger partial charge in [-0.2, -0.15) is 0 Å². The van der Waals surface area contributed by atoms with Crippen molar-refractivity contribution in [3.63, 3.8) is 0 Å². The normalized spacial score (nSPS) is 18.6. The molecule has 4 atom stereocenters. The lowest BCUT2D eigenvalue weighted by molar-refractivity contribution is -0.149. The molecule has 0 spiro atoms. The van der Waals surface area contributed by atoms with E-state index in [1.54, 1.807) is 24.6 Å². The van der Waals surface area contributed by atoms with Crippen LogP contribution < -0.4 is 10.6 Å². The Kier molecular flexibility index (Phi) is 9.18. The molecule has 1 aromatic heterocycles. The number of nitrogens with zero attached hydrogens (tertiary/aromatic N) is 3. The highest BCUT2D eigenvalue weighted by Gasteiger charge is 2.47. The van der Waals surface area contributed by atoms with Gasteiger partial charge in [-0.25, -0.2) is 18.2 Å². The van der Waals surface area contributed by atoms with Crippen LogP contribution in [0.2, 0.25) is 0 Å². The zero-order chi connectivity index (χ0) is 29.9. The molecule has 8 nitrogen and oxygen atoms in total. The number of hydrogen-bond donors (Lipinski definition) is 3. The molecule has 0 aliphatic carbocycles. The lowest BCUT2D eigenvalue weighted by Gasteiger charge is -2.42. The van der Waals surface area contributed by atoms with Crippen LogP contribution in [0, 0.1) is 23.0 Å². The van der Waals surface area contributed by atoms with Crippen LogP contribution in [0.25, 0.3) is 11.3 Å². The fraction of sp³-hybridized carbons (Fsp3) is 0.433. The van der Waals surface area contributed by atoms with Crippen molar-refractivity contribution >= 4 is 11.8 Å². The van der Waals surface area contributed by atoms with Gasteiger partial charge in [-0.3, -0.25) is 9.59 Å². The van der Waals surface area contributed by atoms with Gasteiger partial charge in [-0.1, -0.05) is 30.3 Å². The molecule has 1 saturated heterocycles. The second-order valence-corrected chi connectivity index (χ2v) is 11.0. The number of carbonyl (C=O) groups excluding carboxylic acids is 2. The number of benzene rings is 2. The van der Waals surface area contributed by atoms with Crippen molar-refractivity contribution in [3.8, 4) is 11.3 Å². The highest BCUT2D eigenvalue weighted by atomic mass is 19.1. The number of aliphatic hydroxyl groups is 1. The van der Waals surface area contributed by atoms with Crippen LogP contribution in [-0.2, 0) is 16.1 Å². The van der Waals surface area contributed by atoms with Crippen LogP contribution in [0.4, 0.5) is 13.2 Å². The fourth-order valence-corrected chi connectivity index (χ4v) is 5.37. The number of amides is 2. The van der Waals surface area contributed by atoms with Gasteiger partial charge in [0.2, 0.25) is 5.91 Å². The second-order valence-electron chi connectivity index (χ2n) is 11.0. The molecule has 3 aromatic rings. The minimum absolute atomic E-state index is 0.0909. The molecule has 11 heteroatoms. The second kappa shape index (κ2) is 12.4. The van der Waals surface area contributed by atoms with E-state index in [0.29, 0.717) is 6.54 Å². The smallest absolute Gasteiger partial charge is 0.251 e. The molecule has 0 saturated carbocycles. The number of carbonyl (C=O) groups is 2. The number of hydrogen-bond acceptors (Lipinski definition) is 5. The maximum absolute atomic E-state index is 14.9. The summed E-state index contributed by atoms with van der Waals surface area (Å²) in [5.41, 5.74) is -0.492. The van der Waals surface area contributed by atoms with Crippen molar-refractivity contribution in [2.24, 2.45) is 11.3 Å². The summed E-state index contributed by atoms with van der Waals surface area (Å²) in [5.74, 6) is -2.89. The topological polar surface area (TPSA) is 99.5 Å². The van der Waals surface area contributed by atoms with Gasteiger partial charge in [0, 0.05) is 50.9 Å². The summed E-state index contributed by atoms with van der Waals surface area (Å²) >= 11 is 0. The minimum Gasteiger partial charge on any atom is -0.384 e. The number of rotatable bonds is 10. The number of imidazole rings is 1. The fourth-order valence-electron chi connectivity index (χ4n) is 5.37. The molecule has 1 unspecified atom stereocenters. The Labute approximate surface area is 237 Å². The largest absolute Gasteiger partial charge is 0.384 e. The molecule has 3 N–H and O–H groups in total. The highest BCUT2D eigenvalue weighted by molar-refractivity contribution is 5.85. The summed E-state index contributed by atoms with van der Waals surface area (Å²) in [4.78, 5) is 33.0. The number of nitrogens with one attached hydrogen (secondary N) is 2. The van der Waals surface area contributed by atoms with Crippen molar-refractivity contribution in [3.05, 3.63) is 77.8 Å². The van der Waals surface area contributed by atoms with Crippen LogP contribution >= 0.6 is 0 Å². The molecule has 2 amide bonds. The Balaban J connectivity index is 1.96. The van der Waals surface area contributed by atoms with E-state index in [-0.39, 0.29) is 36.7 Å². The molecule has 220 valence electrons. The third kappa shape index (κ3) is 6.46. The van der Waals surface area contributed by atoms with E-state index in [2.05, 4.69) is 10.6 Å². The third-order valence-corrected chi connectivity index (χ3v) is 7.59. The van der Waals surface area contributed by atoms with E-state index in [0.717, 1.165) is 23.8 Å². The number of halogens is 3. The third-order valence-electron chi connectivity index (χ3n) is 7.59. The first-order valence-corrected chi connectivity index (χ1v) is 13.6. The molecule has 0 radical (unpaired) electrons. The quantitative estimate of drug-likeness (QED) is 0.346. The molecule has 2 heterocycles. The highest BCUT2D eigenvalue weighted by Crippen LogP contribution is 2.41. The van der Waals surface area contributed by atoms with E-state index in [9.17, 15) is 27.9 Å². The van der Waals surface area contributed by atoms with Gasteiger partial charge in [-0.15, -0.1) is 0 Å². The lowest BCUT2D eigenvalue weighted by atomic mass is 9.80. The Morgan fingerprint density at radius 2 is 1.90 bits per heavy atom. The zero-order valence-electron chi connectivity index (χ0n) is 23.6. The zero-order valence-corrected chi connectivity index (χ0v) is 23.6. The van der Waals surface area contributed by atoms with Crippen molar-refractivity contribution in [1.82, 2.24) is 25.1 Å². The average molecular weight is 572 g/mol. The van der Waals surface area contributed by atoms with Crippen molar-refractivity contribution < 1.29 is 27.9 Å². The molecule has 41 heavy (non-hydrogen) atoms. The maximum Gasteiger partial charge on any atom is 0.251 e. The first-order chi connectivity index (χ1) is 19.4. The molecule has 1 fully saturated rings. The predicted molar refractivity (Wildman–Crippen MR) is 148 cm³/mol. The monoisotopic (exact) mass is 571 g/mol. The lowest BCUT2D eigenvalue weighted by Crippen LogP contribution is -2.53. The van der Waals surface area contributed by atoms with Crippen LogP contribution in [0.1, 0.15) is 38.2 Å². The van der Waals surface area contributed by atoms with Gasteiger partial charge in [0.1, 0.15) is 35.8 Å². The van der Waals surface area contributed by atoms with E-state index in [1.807, 2.05) is 30.3 Å². The van der Waals surface area contributed by atoms with Gasteiger partial charge in [0.05, 0.1) is 11.1 Å². The van der Waals surface area contributed by atoms with Crippen LogP contribution in [0.15, 0.2) is 54.7 Å². The van der Waals surface area contributed by atoms with Crippen molar-refractivity contribution in [2.45, 2.75) is 45.6 Å². The van der Waals surface area contributed by atoms with Crippen molar-refractivity contribution in [2.75, 3.05) is 26.7 Å². The van der Waals surface area contributed by atoms with Gasteiger partial charge in [-0.05, 0) is 44.5 Å². The summed E-state index contributed by atoms with van der Waals surface area (Å²) < 4.78 is 45.6. The van der Waals surface area contributed by atoms with Crippen LogP contribution in [-0.4, -0.2) is 70.3 Å². The van der Waals surface area contributed by atoms with Crippen LogP contribution in [0.5, 0.6) is 0 Å². The first kappa shape index (κ1) is 30.3. The first-order valence-electron chi connectivity index (χ1n) is 13.6. The average Bonchev–Trinajstić information content (AvgIpc) is 3.54. The van der Waals surface area contributed by atoms with Gasteiger partial charge in [0.25, 0.3) is 5.91 Å². The van der Waals surface area contributed by atoms with E-state index < -0.39 is 53.1 Å². The summed E-state index contributed by atoms with van der Waals surface area (Å²) in [7, 11) is 1.46. The SMILES string of the molecule is CNC(=O)C(C)(C)[C@H](c1nc(-c2cc(F)ccc2F)cn1Cc1ccccc1)N(C[C@@H]1CNCC1F)C(=O)[C@H](C)O. The standard InChI is InChI=1S/C30H36F3N5O3/c1-18(39)28(40)38(16-20-13-35-14-24(20)33)26(30(2,3)29(41)34-4)27-36-25(22-12-21(31)10-11-23(22)32)17-37(27)15-19-8-6-5-7-9-19/h5-12,17-18,20,24,26,35,39H,13-16H2,1-4H3,(H,34,41)/t18-,20-,24?,26-/m0/s1. The summed E-state index contributed by atoms with van der Waals surface area (Å²) in [6.45, 7) is 5.11. The maximum atomic E-state index is 14.9. The molecular formula is C30H36F3N5O3. The Hall–Kier alpha value is -3.70. The van der Waals surface area contributed by atoms with Gasteiger partial charge in [0.15, 0.2) is 0 Å². The molecule has 4 rings (SSSR count). The van der Waals surface area contributed by atoms with Gasteiger partial charge >= 0.3 is 0 Å². The number of aromatic nitrogens is 2. The van der Waals surface area contributed by atoms with E-state index in [4.69, 9.17) is 4.98 Å². The Morgan fingerprint density at radius 3 is 2.51 bits per heavy atom. The number of alkyl halides is 1. The van der Waals surface area contributed by atoms with E-state index >= 15 is 0 Å². The molecule has 1 aliphatic rings. The molecule has 0 bridgehead atoms. The minimum atomic E-state index is -1.46. The molecule has 1 aliphatic heterocycles. The Bertz CT molecular complexity index is 1380. The van der Waals surface area contributed by atoms with Crippen molar-refractivity contribution in [1.29, 1.82) is 0 Å². The summed E-state index contributed by atoms with van der Waals surface area (Å²) in [6, 6.07) is 11.2. The molecule has 2 aromatic carbocycles. The van der Waals surface area contributed by atoms with Gasteiger partial charge < -0.3 is 25.2 Å². The predicted octanol–water partition coefficient (Wildman–Crippen LogP) is 3.46. The Morgan fingerprint density at radius 1 is 1.20 bits per heavy atom. The van der Waals surface area contributed by atoms with E-state index in [1.165, 1.54) is 18.9 Å². The summed E-state index contributed by atoms with van der Waals surface area (Å²) in [5, 5.41) is 16.0.